The molecule has 0 saturated heterocycles. The maximum absolute atomic E-state index is 13.3. The van der Waals surface area contributed by atoms with E-state index in [0.29, 0.717) is 5.75 Å². The minimum atomic E-state index is -0.501. The zero-order valence-electron chi connectivity index (χ0n) is 20.2. The van der Waals surface area contributed by atoms with E-state index in [1.54, 1.807) is 23.0 Å². The number of carbonyl (C=O) groups is 1. The summed E-state index contributed by atoms with van der Waals surface area (Å²) in [5.74, 6) is 0.359. The van der Waals surface area contributed by atoms with Crippen molar-refractivity contribution in [3.05, 3.63) is 89.9 Å². The Morgan fingerprint density at radius 2 is 1.79 bits per heavy atom. The molecule has 176 valence electrons. The van der Waals surface area contributed by atoms with E-state index in [1.165, 1.54) is 12.1 Å². The van der Waals surface area contributed by atoms with Gasteiger partial charge in [-0.3, -0.25) is 4.79 Å². The Balaban J connectivity index is 1.64. The van der Waals surface area contributed by atoms with Gasteiger partial charge in [0, 0.05) is 10.8 Å². The molecule has 0 aliphatic carbocycles. The Morgan fingerprint density at radius 3 is 2.47 bits per heavy atom. The molecule has 0 bridgehead atoms. The molecule has 0 spiro atoms. The van der Waals surface area contributed by atoms with E-state index in [4.69, 9.17) is 4.74 Å². The van der Waals surface area contributed by atoms with Crippen LogP contribution in [0.3, 0.4) is 0 Å². The molecular formula is C28H30FN3O2. The number of amides is 1. The Hall–Kier alpha value is -3.67. The molecule has 6 heteroatoms. The van der Waals surface area contributed by atoms with Crippen molar-refractivity contribution >= 4 is 16.8 Å². The van der Waals surface area contributed by atoms with Crippen molar-refractivity contribution in [1.29, 1.82) is 0 Å². The zero-order chi connectivity index (χ0) is 24.5. The van der Waals surface area contributed by atoms with Crippen molar-refractivity contribution < 1.29 is 13.9 Å². The van der Waals surface area contributed by atoms with Crippen LogP contribution in [0, 0.1) is 18.2 Å². The van der Waals surface area contributed by atoms with Crippen LogP contribution in [-0.2, 0) is 4.79 Å². The largest absolute Gasteiger partial charge is 0.484 e. The standard InChI is InChI=1S/C28H30FN3O2/c1-18-7-6-8-20(15-18)26(19(2)31-27(33)28(3,4)5)34-24-13-14-25-21(16-24)17-30-32(25)23-11-9-22(29)10-12-23/h6-17,19,26H,1-5H3,(H,31,33)/t19-,26-/m0/s1. The van der Waals surface area contributed by atoms with E-state index in [0.717, 1.165) is 27.7 Å². The Bertz CT molecular complexity index is 1310. The predicted molar refractivity (Wildman–Crippen MR) is 133 cm³/mol. The van der Waals surface area contributed by atoms with Crippen molar-refractivity contribution in [2.75, 3.05) is 0 Å². The third kappa shape index (κ3) is 5.11. The summed E-state index contributed by atoms with van der Waals surface area (Å²) in [7, 11) is 0. The summed E-state index contributed by atoms with van der Waals surface area (Å²) in [6.45, 7) is 9.68. The lowest BCUT2D eigenvalue weighted by atomic mass is 9.94. The molecule has 0 saturated carbocycles. The second kappa shape index (κ2) is 9.29. The molecule has 0 unspecified atom stereocenters. The fourth-order valence-corrected chi connectivity index (χ4v) is 3.82. The van der Waals surface area contributed by atoms with E-state index < -0.39 is 5.41 Å². The van der Waals surface area contributed by atoms with Gasteiger partial charge in [0.15, 0.2) is 0 Å². The van der Waals surface area contributed by atoms with Crippen molar-refractivity contribution in [3.63, 3.8) is 0 Å². The van der Waals surface area contributed by atoms with Crippen molar-refractivity contribution in [3.8, 4) is 11.4 Å². The third-order valence-corrected chi connectivity index (χ3v) is 5.74. The molecule has 4 rings (SSSR count). The number of hydrogen-bond acceptors (Lipinski definition) is 3. The lowest BCUT2D eigenvalue weighted by Gasteiger charge is -2.29. The molecule has 1 N–H and O–H groups in total. The number of aromatic nitrogens is 2. The topological polar surface area (TPSA) is 56.1 Å². The Kier molecular flexibility index (Phi) is 6.42. The first-order valence-electron chi connectivity index (χ1n) is 11.4. The summed E-state index contributed by atoms with van der Waals surface area (Å²) >= 11 is 0. The van der Waals surface area contributed by atoms with Crippen molar-refractivity contribution in [2.24, 2.45) is 5.41 Å². The lowest BCUT2D eigenvalue weighted by Crippen LogP contribution is -2.44. The summed E-state index contributed by atoms with van der Waals surface area (Å²) in [6, 6.07) is 19.9. The molecule has 0 aliphatic rings. The highest BCUT2D eigenvalue weighted by Crippen LogP contribution is 2.30. The van der Waals surface area contributed by atoms with Crippen molar-refractivity contribution in [2.45, 2.75) is 46.8 Å². The number of nitrogens with one attached hydrogen (secondary N) is 1. The first kappa shape index (κ1) is 23.5. The van der Waals surface area contributed by atoms with Gasteiger partial charge in [-0.1, -0.05) is 50.6 Å². The number of nitrogens with zero attached hydrogens (tertiary/aromatic N) is 2. The number of ether oxygens (including phenoxy) is 1. The molecule has 1 heterocycles. The molecule has 0 radical (unpaired) electrons. The maximum Gasteiger partial charge on any atom is 0.225 e. The fourth-order valence-electron chi connectivity index (χ4n) is 3.82. The Morgan fingerprint density at radius 1 is 1.06 bits per heavy atom. The van der Waals surface area contributed by atoms with Crippen LogP contribution in [0.4, 0.5) is 4.39 Å². The van der Waals surface area contributed by atoms with Gasteiger partial charge in [-0.2, -0.15) is 5.10 Å². The van der Waals surface area contributed by atoms with Gasteiger partial charge in [0.1, 0.15) is 17.7 Å². The molecule has 0 aliphatic heterocycles. The third-order valence-electron chi connectivity index (χ3n) is 5.74. The highest BCUT2D eigenvalue weighted by molar-refractivity contribution is 5.82. The second-order valence-electron chi connectivity index (χ2n) is 9.72. The van der Waals surface area contributed by atoms with Gasteiger partial charge in [0.05, 0.1) is 23.4 Å². The number of carbonyl (C=O) groups excluding carboxylic acids is 1. The molecule has 3 aromatic carbocycles. The smallest absolute Gasteiger partial charge is 0.225 e. The van der Waals surface area contributed by atoms with Gasteiger partial charge in [0.2, 0.25) is 5.91 Å². The molecule has 1 amide bonds. The minimum absolute atomic E-state index is 0.0303. The number of hydrogen-bond donors (Lipinski definition) is 1. The summed E-state index contributed by atoms with van der Waals surface area (Å²) < 4.78 is 21.6. The molecule has 4 aromatic rings. The SMILES string of the molecule is Cc1cccc([C@@H](Oc2ccc3c(cnn3-c3ccc(F)cc3)c2)[C@H](C)NC(=O)C(C)(C)C)c1. The Labute approximate surface area is 199 Å². The van der Waals surface area contributed by atoms with E-state index in [9.17, 15) is 9.18 Å². The first-order chi connectivity index (χ1) is 16.1. The second-order valence-corrected chi connectivity index (χ2v) is 9.72. The zero-order valence-corrected chi connectivity index (χ0v) is 20.2. The molecule has 5 nitrogen and oxygen atoms in total. The van der Waals surface area contributed by atoms with Gasteiger partial charge in [0.25, 0.3) is 0 Å². The molecule has 0 fully saturated rings. The normalized spacial score (nSPS) is 13.5. The summed E-state index contributed by atoms with van der Waals surface area (Å²) in [4.78, 5) is 12.7. The fraction of sp³-hybridized carbons (Fsp3) is 0.286. The average Bonchev–Trinajstić information content (AvgIpc) is 3.20. The molecular weight excluding hydrogens is 429 g/mol. The minimum Gasteiger partial charge on any atom is -0.484 e. The average molecular weight is 460 g/mol. The van der Waals surface area contributed by atoms with Crippen LogP contribution in [0.2, 0.25) is 0 Å². The van der Waals surface area contributed by atoms with Crippen LogP contribution in [-0.4, -0.2) is 21.7 Å². The highest BCUT2D eigenvalue weighted by atomic mass is 19.1. The van der Waals surface area contributed by atoms with E-state index in [1.807, 2.05) is 71.0 Å². The van der Waals surface area contributed by atoms with Crippen LogP contribution < -0.4 is 10.1 Å². The van der Waals surface area contributed by atoms with Crippen LogP contribution >= 0.6 is 0 Å². The monoisotopic (exact) mass is 459 g/mol. The quantitative estimate of drug-likeness (QED) is 0.377. The van der Waals surface area contributed by atoms with Crippen LogP contribution in [0.15, 0.2) is 72.9 Å². The van der Waals surface area contributed by atoms with Gasteiger partial charge < -0.3 is 10.1 Å². The van der Waals surface area contributed by atoms with Gasteiger partial charge >= 0.3 is 0 Å². The van der Waals surface area contributed by atoms with E-state index >= 15 is 0 Å². The number of benzene rings is 3. The first-order valence-corrected chi connectivity index (χ1v) is 11.4. The van der Waals surface area contributed by atoms with E-state index in [2.05, 4.69) is 16.5 Å². The van der Waals surface area contributed by atoms with Crippen LogP contribution in [0.25, 0.3) is 16.6 Å². The summed E-state index contributed by atoms with van der Waals surface area (Å²) in [6.07, 6.45) is 1.38. The maximum atomic E-state index is 13.3. The van der Waals surface area contributed by atoms with Crippen LogP contribution in [0.1, 0.15) is 44.9 Å². The molecule has 2 atom stereocenters. The van der Waals surface area contributed by atoms with Gasteiger partial charge in [-0.15, -0.1) is 0 Å². The van der Waals surface area contributed by atoms with Crippen molar-refractivity contribution in [1.82, 2.24) is 15.1 Å². The van der Waals surface area contributed by atoms with Gasteiger partial charge in [-0.25, -0.2) is 9.07 Å². The van der Waals surface area contributed by atoms with Crippen LogP contribution in [0.5, 0.6) is 5.75 Å². The number of fused-ring (bicyclic) bond motifs is 1. The highest BCUT2D eigenvalue weighted by Gasteiger charge is 2.28. The number of aryl methyl sites for hydroxylation is 1. The summed E-state index contributed by atoms with van der Waals surface area (Å²) in [5.41, 5.74) is 3.28. The van der Waals surface area contributed by atoms with E-state index in [-0.39, 0.29) is 23.9 Å². The predicted octanol–water partition coefficient (Wildman–Crippen LogP) is 6.14. The lowest BCUT2D eigenvalue weighted by molar-refractivity contribution is -0.129. The number of halogens is 1. The van der Waals surface area contributed by atoms with Gasteiger partial charge in [-0.05, 0) is 61.9 Å². The number of rotatable bonds is 6. The molecule has 1 aromatic heterocycles. The summed E-state index contributed by atoms with van der Waals surface area (Å²) in [5, 5.41) is 8.48. The molecule has 34 heavy (non-hydrogen) atoms.